The molecule has 1 aromatic carbocycles. The second-order valence-electron chi connectivity index (χ2n) is 4.42. The highest BCUT2D eigenvalue weighted by atomic mass is 16.6. The lowest BCUT2D eigenvalue weighted by Gasteiger charge is -2.29. The monoisotopic (exact) mass is 234 g/mol. The zero-order valence-corrected chi connectivity index (χ0v) is 9.98. The van der Waals surface area contributed by atoms with Crippen molar-refractivity contribution in [2.75, 3.05) is 13.1 Å². The van der Waals surface area contributed by atoms with Gasteiger partial charge in [-0.25, -0.2) is 4.79 Å². The molecule has 0 spiro atoms. The molecule has 4 nitrogen and oxygen atoms in total. The van der Waals surface area contributed by atoms with Crippen LogP contribution < -0.4 is 15.4 Å². The maximum Gasteiger partial charge on any atom is 0.412 e. The molecule has 1 amide bonds. The van der Waals surface area contributed by atoms with Gasteiger partial charge < -0.3 is 15.4 Å². The molecule has 2 rings (SSSR count). The third-order valence-electron chi connectivity index (χ3n) is 3.04. The van der Waals surface area contributed by atoms with Crippen LogP contribution in [0.4, 0.5) is 4.79 Å². The molecule has 1 saturated heterocycles. The van der Waals surface area contributed by atoms with Crippen molar-refractivity contribution in [1.29, 1.82) is 0 Å². The number of nitrogens with one attached hydrogen (secondary N) is 2. The maximum atomic E-state index is 11.7. The van der Waals surface area contributed by atoms with Crippen LogP contribution in [-0.2, 0) is 0 Å². The van der Waals surface area contributed by atoms with Crippen molar-refractivity contribution < 1.29 is 9.53 Å². The zero-order valence-electron chi connectivity index (χ0n) is 9.98. The summed E-state index contributed by atoms with van der Waals surface area (Å²) in [7, 11) is 0. The van der Waals surface area contributed by atoms with E-state index in [0.29, 0.717) is 11.7 Å². The molecule has 1 fully saturated rings. The Morgan fingerprint density at radius 2 is 2.18 bits per heavy atom. The maximum absolute atomic E-state index is 11.7. The average Bonchev–Trinajstić information content (AvgIpc) is 2.33. The minimum absolute atomic E-state index is 0.201. The van der Waals surface area contributed by atoms with Gasteiger partial charge >= 0.3 is 6.09 Å². The standard InChI is InChI=1S/C13H18N2O2/c1-10-9-14-8-7-12(10)15-13(16)17-11-5-3-2-4-6-11/h2-6,10,12,14H,7-9H2,1H3,(H,15,16). The third-order valence-corrected chi connectivity index (χ3v) is 3.04. The number of ether oxygens (including phenoxy) is 1. The first-order valence-corrected chi connectivity index (χ1v) is 6.00. The summed E-state index contributed by atoms with van der Waals surface area (Å²) < 4.78 is 5.19. The van der Waals surface area contributed by atoms with E-state index in [-0.39, 0.29) is 12.1 Å². The molecule has 1 aliphatic heterocycles. The predicted molar refractivity (Wildman–Crippen MR) is 66.0 cm³/mol. The van der Waals surface area contributed by atoms with Gasteiger partial charge in [-0.3, -0.25) is 0 Å². The van der Waals surface area contributed by atoms with E-state index >= 15 is 0 Å². The van der Waals surface area contributed by atoms with Crippen molar-refractivity contribution in [2.45, 2.75) is 19.4 Å². The summed E-state index contributed by atoms with van der Waals surface area (Å²) in [6, 6.07) is 9.31. The largest absolute Gasteiger partial charge is 0.412 e. The lowest BCUT2D eigenvalue weighted by Crippen LogP contribution is -2.49. The molecule has 0 aliphatic carbocycles. The number of carbonyl (C=O) groups excluding carboxylic acids is 1. The van der Waals surface area contributed by atoms with E-state index in [1.54, 1.807) is 12.1 Å². The van der Waals surface area contributed by atoms with Gasteiger partial charge in [0.05, 0.1) is 0 Å². The third kappa shape index (κ3) is 3.46. The Morgan fingerprint density at radius 1 is 1.41 bits per heavy atom. The highest BCUT2D eigenvalue weighted by Gasteiger charge is 2.23. The van der Waals surface area contributed by atoms with Crippen LogP contribution in [0.25, 0.3) is 0 Å². The Hall–Kier alpha value is -1.55. The number of benzene rings is 1. The summed E-state index contributed by atoms with van der Waals surface area (Å²) in [5.74, 6) is 1.01. The second-order valence-corrected chi connectivity index (χ2v) is 4.42. The molecule has 0 aromatic heterocycles. The Balaban J connectivity index is 1.84. The summed E-state index contributed by atoms with van der Waals surface area (Å²) in [4.78, 5) is 11.7. The Kier molecular flexibility index (Phi) is 3.98. The van der Waals surface area contributed by atoms with E-state index in [4.69, 9.17) is 4.74 Å². The molecular weight excluding hydrogens is 216 g/mol. The summed E-state index contributed by atoms with van der Waals surface area (Å²) >= 11 is 0. The van der Waals surface area contributed by atoms with E-state index in [9.17, 15) is 4.79 Å². The van der Waals surface area contributed by atoms with E-state index in [1.165, 1.54) is 0 Å². The van der Waals surface area contributed by atoms with E-state index in [1.807, 2.05) is 18.2 Å². The Bertz CT molecular complexity index is 367. The first-order valence-electron chi connectivity index (χ1n) is 6.00. The number of para-hydroxylation sites is 1. The minimum atomic E-state index is -0.366. The van der Waals surface area contributed by atoms with Gasteiger partial charge in [0.2, 0.25) is 0 Å². The van der Waals surface area contributed by atoms with Crippen LogP contribution in [0, 0.1) is 5.92 Å². The van der Waals surface area contributed by atoms with Crippen molar-refractivity contribution in [3.8, 4) is 5.75 Å². The van der Waals surface area contributed by atoms with E-state index in [0.717, 1.165) is 19.5 Å². The molecule has 0 bridgehead atoms. The normalized spacial score (nSPS) is 24.1. The first-order chi connectivity index (χ1) is 8.25. The predicted octanol–water partition coefficient (Wildman–Crippen LogP) is 1.77. The van der Waals surface area contributed by atoms with E-state index < -0.39 is 0 Å². The fraction of sp³-hybridized carbons (Fsp3) is 0.462. The van der Waals surface area contributed by atoms with Crippen LogP contribution >= 0.6 is 0 Å². The number of carbonyl (C=O) groups is 1. The van der Waals surface area contributed by atoms with Crippen molar-refractivity contribution >= 4 is 6.09 Å². The molecule has 2 N–H and O–H groups in total. The Morgan fingerprint density at radius 3 is 2.88 bits per heavy atom. The SMILES string of the molecule is CC1CNCCC1NC(=O)Oc1ccccc1. The highest BCUT2D eigenvalue weighted by molar-refractivity contribution is 5.70. The number of hydrogen-bond donors (Lipinski definition) is 2. The van der Waals surface area contributed by atoms with Crippen LogP contribution in [-0.4, -0.2) is 25.2 Å². The molecule has 4 heteroatoms. The topological polar surface area (TPSA) is 50.4 Å². The van der Waals surface area contributed by atoms with Gasteiger partial charge in [0.1, 0.15) is 5.75 Å². The highest BCUT2D eigenvalue weighted by Crippen LogP contribution is 2.12. The fourth-order valence-corrected chi connectivity index (χ4v) is 2.00. The zero-order chi connectivity index (χ0) is 12.1. The van der Waals surface area contributed by atoms with E-state index in [2.05, 4.69) is 17.6 Å². The molecule has 17 heavy (non-hydrogen) atoms. The molecule has 2 unspecified atom stereocenters. The minimum Gasteiger partial charge on any atom is -0.410 e. The fourth-order valence-electron chi connectivity index (χ4n) is 2.00. The van der Waals surface area contributed by atoms with Gasteiger partial charge in [-0.05, 0) is 37.6 Å². The summed E-state index contributed by atoms with van der Waals surface area (Å²) in [5, 5.41) is 6.21. The molecule has 1 heterocycles. The van der Waals surface area contributed by atoms with Gasteiger partial charge in [0.15, 0.2) is 0 Å². The number of amides is 1. The van der Waals surface area contributed by atoms with Crippen molar-refractivity contribution in [3.63, 3.8) is 0 Å². The molecule has 1 aromatic rings. The van der Waals surface area contributed by atoms with Gasteiger partial charge in [-0.2, -0.15) is 0 Å². The van der Waals surface area contributed by atoms with Crippen LogP contribution in [0.5, 0.6) is 5.75 Å². The second kappa shape index (κ2) is 5.68. The van der Waals surface area contributed by atoms with Gasteiger partial charge in [0.25, 0.3) is 0 Å². The smallest absolute Gasteiger partial charge is 0.410 e. The molecule has 0 radical (unpaired) electrons. The van der Waals surface area contributed by atoms with Crippen molar-refractivity contribution in [1.82, 2.24) is 10.6 Å². The first kappa shape index (κ1) is 11.9. The van der Waals surface area contributed by atoms with Crippen LogP contribution in [0.3, 0.4) is 0 Å². The van der Waals surface area contributed by atoms with Crippen LogP contribution in [0.2, 0.25) is 0 Å². The van der Waals surface area contributed by atoms with Crippen molar-refractivity contribution in [3.05, 3.63) is 30.3 Å². The lowest BCUT2D eigenvalue weighted by atomic mass is 9.96. The summed E-state index contributed by atoms with van der Waals surface area (Å²) in [6.45, 7) is 4.01. The Labute approximate surface area is 101 Å². The van der Waals surface area contributed by atoms with Gasteiger partial charge in [-0.15, -0.1) is 0 Å². The summed E-state index contributed by atoms with van der Waals surface area (Å²) in [5.41, 5.74) is 0. The average molecular weight is 234 g/mol. The number of piperidine rings is 1. The van der Waals surface area contributed by atoms with Crippen LogP contribution in [0.1, 0.15) is 13.3 Å². The molecular formula is C13H18N2O2. The van der Waals surface area contributed by atoms with Gasteiger partial charge in [0, 0.05) is 6.04 Å². The molecule has 1 aliphatic rings. The molecule has 0 saturated carbocycles. The lowest BCUT2D eigenvalue weighted by molar-refractivity contribution is 0.186. The number of rotatable bonds is 2. The van der Waals surface area contributed by atoms with Gasteiger partial charge in [-0.1, -0.05) is 25.1 Å². The van der Waals surface area contributed by atoms with Crippen molar-refractivity contribution in [2.24, 2.45) is 5.92 Å². The summed E-state index contributed by atoms with van der Waals surface area (Å²) in [6.07, 6.45) is 0.584. The molecule has 92 valence electrons. The number of hydrogen-bond acceptors (Lipinski definition) is 3. The molecule has 2 atom stereocenters. The quantitative estimate of drug-likeness (QED) is 0.820. The van der Waals surface area contributed by atoms with Crippen LogP contribution in [0.15, 0.2) is 30.3 Å².